The Morgan fingerprint density at radius 1 is 1.11 bits per heavy atom. The molecule has 0 aromatic carbocycles. The molecule has 1 N–H and O–H groups in total. The fourth-order valence-corrected chi connectivity index (χ4v) is 4.25. The van der Waals surface area contributed by atoms with Crippen LogP contribution in [0.15, 0.2) is 0 Å². The van der Waals surface area contributed by atoms with Gasteiger partial charge in [-0.15, -0.1) is 0 Å². The molecule has 2 aliphatic carbocycles. The van der Waals surface area contributed by atoms with Crippen LogP contribution in [0.4, 0.5) is 0 Å². The molecule has 1 heterocycles. The van der Waals surface area contributed by atoms with E-state index in [0.29, 0.717) is 0 Å². The average molecular weight is 250 g/mol. The molecule has 3 aliphatic rings. The molecule has 18 heavy (non-hydrogen) atoms. The molecule has 2 nitrogen and oxygen atoms in total. The lowest BCUT2D eigenvalue weighted by molar-refractivity contribution is 0.194. The summed E-state index contributed by atoms with van der Waals surface area (Å²) in [4.78, 5) is 2.83. The maximum absolute atomic E-state index is 3.86. The Morgan fingerprint density at radius 2 is 1.94 bits per heavy atom. The van der Waals surface area contributed by atoms with Gasteiger partial charge in [0, 0.05) is 18.6 Å². The fourth-order valence-electron chi connectivity index (χ4n) is 4.25. The molecule has 0 aromatic rings. The zero-order valence-corrected chi connectivity index (χ0v) is 12.0. The Labute approximate surface area is 113 Å². The van der Waals surface area contributed by atoms with Crippen molar-refractivity contribution in [2.24, 2.45) is 11.8 Å². The normalized spacial score (nSPS) is 39.5. The van der Waals surface area contributed by atoms with Gasteiger partial charge in [-0.3, -0.25) is 4.90 Å². The molecule has 2 heteroatoms. The van der Waals surface area contributed by atoms with Crippen LogP contribution in [0, 0.1) is 11.8 Å². The van der Waals surface area contributed by atoms with E-state index in [1.165, 1.54) is 71.0 Å². The van der Waals surface area contributed by atoms with E-state index in [1.54, 1.807) is 0 Å². The largest absolute Gasteiger partial charge is 0.312 e. The molecule has 3 rings (SSSR count). The minimum Gasteiger partial charge on any atom is -0.312 e. The summed E-state index contributed by atoms with van der Waals surface area (Å²) in [5, 5.41) is 3.86. The van der Waals surface area contributed by atoms with Crippen molar-refractivity contribution in [2.45, 2.75) is 70.4 Å². The van der Waals surface area contributed by atoms with E-state index in [4.69, 9.17) is 0 Å². The van der Waals surface area contributed by atoms with Crippen LogP contribution >= 0.6 is 0 Å². The Balaban J connectivity index is 1.57. The second-order valence-electron chi connectivity index (χ2n) is 6.78. The quantitative estimate of drug-likeness (QED) is 0.828. The molecule has 1 aliphatic heterocycles. The Morgan fingerprint density at radius 3 is 2.67 bits per heavy atom. The zero-order chi connectivity index (χ0) is 12.4. The summed E-state index contributed by atoms with van der Waals surface area (Å²) in [6, 6.07) is 1.74. The molecule has 3 atom stereocenters. The minimum atomic E-state index is 0.797. The third kappa shape index (κ3) is 2.91. The lowest BCUT2D eigenvalue weighted by atomic mass is 9.83. The van der Waals surface area contributed by atoms with Crippen molar-refractivity contribution in [1.29, 1.82) is 0 Å². The van der Waals surface area contributed by atoms with E-state index in [2.05, 4.69) is 17.1 Å². The van der Waals surface area contributed by atoms with Gasteiger partial charge < -0.3 is 5.32 Å². The van der Waals surface area contributed by atoms with Crippen LogP contribution in [0.25, 0.3) is 0 Å². The summed E-state index contributed by atoms with van der Waals surface area (Å²) < 4.78 is 0. The van der Waals surface area contributed by atoms with Crippen LogP contribution in [-0.2, 0) is 0 Å². The van der Waals surface area contributed by atoms with Gasteiger partial charge in [0.1, 0.15) is 0 Å². The zero-order valence-electron chi connectivity index (χ0n) is 12.0. The van der Waals surface area contributed by atoms with Crippen molar-refractivity contribution < 1.29 is 0 Å². The van der Waals surface area contributed by atoms with Crippen LogP contribution in [0.1, 0.15) is 58.3 Å². The van der Waals surface area contributed by atoms with Gasteiger partial charge in [-0.25, -0.2) is 0 Å². The van der Waals surface area contributed by atoms with E-state index < -0.39 is 0 Å². The predicted molar refractivity (Wildman–Crippen MR) is 76.7 cm³/mol. The van der Waals surface area contributed by atoms with E-state index in [0.717, 1.165) is 23.9 Å². The van der Waals surface area contributed by atoms with Crippen molar-refractivity contribution in [3.05, 3.63) is 0 Å². The first-order valence-electron chi connectivity index (χ1n) is 8.36. The summed E-state index contributed by atoms with van der Waals surface area (Å²) >= 11 is 0. The van der Waals surface area contributed by atoms with Gasteiger partial charge in [-0.1, -0.05) is 32.6 Å². The van der Waals surface area contributed by atoms with Crippen LogP contribution in [-0.4, -0.2) is 36.6 Å². The highest BCUT2D eigenvalue weighted by atomic mass is 15.2. The molecule has 0 radical (unpaired) electrons. The standard InChI is InChI=1S/C16H30N2/c1-2-13-11-16(13)18-10-6-9-17-15(12-18)14-7-4-3-5-8-14/h13-17H,2-12H2,1H3. The third-order valence-corrected chi connectivity index (χ3v) is 5.56. The van der Waals surface area contributed by atoms with Gasteiger partial charge in [0.05, 0.1) is 0 Å². The maximum Gasteiger partial charge on any atom is 0.0223 e. The predicted octanol–water partition coefficient (Wildman–Crippen LogP) is 3.03. The lowest BCUT2D eigenvalue weighted by Gasteiger charge is -2.33. The summed E-state index contributed by atoms with van der Waals surface area (Å²) in [6.07, 6.45) is 11.6. The number of hydrogen-bond donors (Lipinski definition) is 1. The molecular weight excluding hydrogens is 220 g/mol. The molecule has 3 unspecified atom stereocenters. The topological polar surface area (TPSA) is 15.3 Å². The van der Waals surface area contributed by atoms with E-state index in [1.807, 2.05) is 0 Å². The minimum absolute atomic E-state index is 0.797. The molecule has 0 spiro atoms. The lowest BCUT2D eigenvalue weighted by Crippen LogP contribution is -2.44. The first-order chi connectivity index (χ1) is 8.88. The van der Waals surface area contributed by atoms with Crippen molar-refractivity contribution in [3.63, 3.8) is 0 Å². The summed E-state index contributed by atoms with van der Waals surface area (Å²) in [5.41, 5.74) is 0. The molecule has 0 aromatic heterocycles. The number of nitrogens with zero attached hydrogens (tertiary/aromatic N) is 1. The molecule has 0 amide bonds. The van der Waals surface area contributed by atoms with Gasteiger partial charge in [0.25, 0.3) is 0 Å². The first-order valence-corrected chi connectivity index (χ1v) is 8.36. The average Bonchev–Trinajstić information content (AvgIpc) is 3.22. The van der Waals surface area contributed by atoms with Gasteiger partial charge in [-0.2, -0.15) is 0 Å². The molecule has 2 saturated carbocycles. The molecule has 3 fully saturated rings. The SMILES string of the molecule is CCC1CC1N1CCCNC(C2CCCCC2)C1. The van der Waals surface area contributed by atoms with E-state index >= 15 is 0 Å². The van der Waals surface area contributed by atoms with Crippen LogP contribution in [0.2, 0.25) is 0 Å². The summed E-state index contributed by atoms with van der Waals surface area (Å²) in [6.45, 7) is 6.30. The van der Waals surface area contributed by atoms with Gasteiger partial charge in [0.2, 0.25) is 0 Å². The van der Waals surface area contributed by atoms with Crippen molar-refractivity contribution in [3.8, 4) is 0 Å². The molecular formula is C16H30N2. The van der Waals surface area contributed by atoms with Gasteiger partial charge >= 0.3 is 0 Å². The van der Waals surface area contributed by atoms with Gasteiger partial charge in [-0.05, 0) is 50.6 Å². The maximum atomic E-state index is 3.86. The van der Waals surface area contributed by atoms with Crippen LogP contribution < -0.4 is 5.32 Å². The highest BCUT2D eigenvalue weighted by Crippen LogP contribution is 2.39. The smallest absolute Gasteiger partial charge is 0.0223 e. The van der Waals surface area contributed by atoms with Crippen molar-refractivity contribution in [1.82, 2.24) is 10.2 Å². The first kappa shape index (κ1) is 12.9. The number of hydrogen-bond acceptors (Lipinski definition) is 2. The molecule has 0 bridgehead atoms. The third-order valence-electron chi connectivity index (χ3n) is 5.56. The Bertz CT molecular complexity index is 260. The van der Waals surface area contributed by atoms with Crippen LogP contribution in [0.3, 0.4) is 0 Å². The Kier molecular flexibility index (Phi) is 4.25. The van der Waals surface area contributed by atoms with Crippen molar-refractivity contribution >= 4 is 0 Å². The van der Waals surface area contributed by atoms with Crippen LogP contribution in [0.5, 0.6) is 0 Å². The summed E-state index contributed by atoms with van der Waals surface area (Å²) in [5.74, 6) is 1.99. The monoisotopic (exact) mass is 250 g/mol. The Hall–Kier alpha value is -0.0800. The number of nitrogens with one attached hydrogen (secondary N) is 1. The molecule has 104 valence electrons. The number of rotatable bonds is 3. The second-order valence-corrected chi connectivity index (χ2v) is 6.78. The van der Waals surface area contributed by atoms with E-state index in [9.17, 15) is 0 Å². The van der Waals surface area contributed by atoms with Gasteiger partial charge in [0.15, 0.2) is 0 Å². The van der Waals surface area contributed by atoms with Crippen molar-refractivity contribution in [2.75, 3.05) is 19.6 Å². The second kappa shape index (κ2) is 5.92. The summed E-state index contributed by atoms with van der Waals surface area (Å²) in [7, 11) is 0. The fraction of sp³-hybridized carbons (Fsp3) is 1.00. The highest BCUT2D eigenvalue weighted by molar-refractivity contribution is 4.97. The van der Waals surface area contributed by atoms with E-state index in [-0.39, 0.29) is 0 Å². The highest BCUT2D eigenvalue weighted by Gasteiger charge is 2.41. The molecule has 1 saturated heterocycles.